The van der Waals surface area contributed by atoms with E-state index in [1.165, 1.54) is 0 Å². The molecule has 0 saturated carbocycles. The van der Waals surface area contributed by atoms with Gasteiger partial charge in [-0.3, -0.25) is 0 Å². The summed E-state index contributed by atoms with van der Waals surface area (Å²) in [5.41, 5.74) is -0.898. The molecule has 0 aromatic carbocycles. The van der Waals surface area contributed by atoms with Crippen LogP contribution in [0.4, 0.5) is 4.79 Å². The first kappa shape index (κ1) is 16.8. The molecular weight excluding hydrogens is 260 g/mol. The zero-order chi connectivity index (χ0) is 15.7. The zero-order valence-electron chi connectivity index (χ0n) is 13.2. The molecule has 0 aliphatic carbocycles. The molecule has 116 valence electrons. The van der Waals surface area contributed by atoms with E-state index in [4.69, 9.17) is 9.84 Å². The summed E-state index contributed by atoms with van der Waals surface area (Å²) in [6.07, 6.45) is 0. The van der Waals surface area contributed by atoms with Crippen LogP contribution < -0.4 is 5.32 Å². The summed E-state index contributed by atoms with van der Waals surface area (Å²) in [5.74, 6) is -1.18. The highest BCUT2D eigenvalue weighted by atomic mass is 16.5. The van der Waals surface area contributed by atoms with E-state index in [1.54, 1.807) is 18.7 Å². The van der Waals surface area contributed by atoms with Crippen molar-refractivity contribution in [2.75, 3.05) is 13.1 Å². The Morgan fingerprint density at radius 3 is 1.95 bits per heavy atom. The highest BCUT2D eigenvalue weighted by molar-refractivity contribution is 5.82. The molecule has 0 spiro atoms. The molecule has 1 heterocycles. The van der Waals surface area contributed by atoms with E-state index in [2.05, 4.69) is 5.32 Å². The first-order valence-corrected chi connectivity index (χ1v) is 6.92. The molecule has 0 aromatic heterocycles. The predicted molar refractivity (Wildman–Crippen MR) is 75.6 cm³/mol. The van der Waals surface area contributed by atoms with Crippen LogP contribution in [0.15, 0.2) is 0 Å². The van der Waals surface area contributed by atoms with Crippen LogP contribution in [-0.4, -0.2) is 52.3 Å². The topological polar surface area (TPSA) is 78.9 Å². The van der Waals surface area contributed by atoms with Gasteiger partial charge in [0, 0.05) is 0 Å². The maximum absolute atomic E-state index is 12.3. The summed E-state index contributed by atoms with van der Waals surface area (Å²) in [6.45, 7) is 12.1. The molecule has 2 amide bonds. The van der Waals surface area contributed by atoms with E-state index < -0.39 is 23.2 Å². The molecule has 2 N–H and O–H groups in total. The van der Waals surface area contributed by atoms with Crippen LogP contribution in [0.5, 0.6) is 0 Å². The Morgan fingerprint density at radius 2 is 1.60 bits per heavy atom. The number of nitrogens with one attached hydrogen (secondary N) is 1. The van der Waals surface area contributed by atoms with Crippen LogP contribution in [-0.2, 0) is 9.53 Å². The number of nitrogens with zero attached hydrogens (tertiary/aromatic N) is 1. The number of ether oxygens (including phenoxy) is 1. The van der Waals surface area contributed by atoms with E-state index in [0.29, 0.717) is 13.1 Å². The van der Waals surface area contributed by atoms with Crippen LogP contribution in [0, 0.1) is 5.92 Å². The van der Waals surface area contributed by atoms with E-state index in [9.17, 15) is 9.59 Å². The van der Waals surface area contributed by atoms with Crippen molar-refractivity contribution in [2.24, 2.45) is 5.92 Å². The van der Waals surface area contributed by atoms with E-state index in [1.807, 2.05) is 27.7 Å². The SMILES string of the molecule is CC(C)C(NC(=O)N1CC(C)(C)OC(C)(C)C1)C(=O)O. The fourth-order valence-electron chi connectivity index (χ4n) is 2.67. The minimum Gasteiger partial charge on any atom is -0.480 e. The van der Waals surface area contributed by atoms with Gasteiger partial charge in [0.05, 0.1) is 24.3 Å². The Bertz CT molecular complexity index is 375. The zero-order valence-corrected chi connectivity index (χ0v) is 13.2. The smallest absolute Gasteiger partial charge is 0.326 e. The summed E-state index contributed by atoms with van der Waals surface area (Å²) in [5, 5.41) is 11.7. The Morgan fingerprint density at radius 1 is 1.15 bits per heavy atom. The van der Waals surface area contributed by atoms with Crippen molar-refractivity contribution < 1.29 is 19.4 Å². The highest BCUT2D eigenvalue weighted by Gasteiger charge is 2.40. The second kappa shape index (κ2) is 5.60. The standard InChI is InChI=1S/C14H26N2O4/c1-9(2)10(11(17)18)15-12(19)16-7-13(3,4)20-14(5,6)8-16/h9-10H,7-8H2,1-6H3,(H,15,19)(H,17,18). The van der Waals surface area contributed by atoms with Crippen LogP contribution >= 0.6 is 0 Å². The number of carbonyl (C=O) groups is 2. The van der Waals surface area contributed by atoms with Crippen molar-refractivity contribution in [3.05, 3.63) is 0 Å². The van der Waals surface area contributed by atoms with Gasteiger partial charge in [0.15, 0.2) is 0 Å². The van der Waals surface area contributed by atoms with Gasteiger partial charge in [0.25, 0.3) is 0 Å². The minimum atomic E-state index is -1.01. The maximum Gasteiger partial charge on any atom is 0.326 e. The van der Waals surface area contributed by atoms with E-state index in [-0.39, 0.29) is 11.9 Å². The molecule has 6 nitrogen and oxygen atoms in total. The van der Waals surface area contributed by atoms with Crippen LogP contribution in [0.2, 0.25) is 0 Å². The monoisotopic (exact) mass is 286 g/mol. The van der Waals surface area contributed by atoms with Crippen LogP contribution in [0.3, 0.4) is 0 Å². The van der Waals surface area contributed by atoms with Crippen LogP contribution in [0.25, 0.3) is 0 Å². The molecule has 20 heavy (non-hydrogen) atoms. The normalized spacial score (nSPS) is 22.4. The van der Waals surface area contributed by atoms with Gasteiger partial charge in [-0.25, -0.2) is 9.59 Å². The number of carboxylic acids is 1. The van der Waals surface area contributed by atoms with Gasteiger partial charge >= 0.3 is 12.0 Å². The number of morpholine rings is 1. The van der Waals surface area contributed by atoms with Crippen LogP contribution in [0.1, 0.15) is 41.5 Å². The lowest BCUT2D eigenvalue weighted by Crippen LogP contribution is -2.62. The molecule has 0 radical (unpaired) electrons. The van der Waals surface area contributed by atoms with Gasteiger partial charge in [-0.2, -0.15) is 0 Å². The number of carboxylic acid groups (broad SMARTS) is 1. The average molecular weight is 286 g/mol. The second-order valence-corrected chi connectivity index (χ2v) is 6.99. The van der Waals surface area contributed by atoms with Gasteiger partial charge < -0.3 is 20.1 Å². The maximum atomic E-state index is 12.3. The lowest BCUT2D eigenvalue weighted by Gasteiger charge is -2.47. The summed E-state index contributed by atoms with van der Waals surface area (Å²) in [7, 11) is 0. The predicted octanol–water partition coefficient (Wildman–Crippen LogP) is 1.69. The van der Waals surface area contributed by atoms with Gasteiger partial charge in [-0.1, -0.05) is 13.8 Å². The quantitative estimate of drug-likeness (QED) is 0.827. The van der Waals surface area contributed by atoms with Gasteiger partial charge in [0.2, 0.25) is 0 Å². The number of hydrogen-bond acceptors (Lipinski definition) is 3. The lowest BCUT2D eigenvalue weighted by molar-refractivity contribution is -0.170. The van der Waals surface area contributed by atoms with Crippen molar-refractivity contribution in [1.82, 2.24) is 10.2 Å². The molecule has 1 fully saturated rings. The molecule has 0 bridgehead atoms. The summed E-state index contributed by atoms with van der Waals surface area (Å²) < 4.78 is 5.90. The number of aliphatic carboxylic acids is 1. The second-order valence-electron chi connectivity index (χ2n) is 6.99. The third-order valence-electron chi connectivity index (χ3n) is 3.19. The van der Waals surface area contributed by atoms with E-state index >= 15 is 0 Å². The number of rotatable bonds is 3. The fraction of sp³-hybridized carbons (Fsp3) is 0.857. The Hall–Kier alpha value is -1.30. The highest BCUT2D eigenvalue weighted by Crippen LogP contribution is 2.28. The summed E-state index contributed by atoms with van der Waals surface area (Å²) >= 11 is 0. The number of carbonyl (C=O) groups excluding carboxylic acids is 1. The van der Waals surface area contributed by atoms with Crippen molar-refractivity contribution in [1.29, 1.82) is 0 Å². The molecule has 1 unspecified atom stereocenters. The third-order valence-corrected chi connectivity index (χ3v) is 3.19. The lowest BCUT2D eigenvalue weighted by atomic mass is 9.99. The third kappa shape index (κ3) is 4.37. The molecule has 0 aromatic rings. The van der Waals surface area contributed by atoms with Crippen molar-refractivity contribution in [3.63, 3.8) is 0 Å². The van der Waals surface area contributed by atoms with Crippen molar-refractivity contribution in [3.8, 4) is 0 Å². The van der Waals surface area contributed by atoms with Gasteiger partial charge in [-0.15, -0.1) is 0 Å². The number of hydrogen-bond donors (Lipinski definition) is 2. The molecule has 1 saturated heterocycles. The Labute approximate surface area is 120 Å². The first-order valence-electron chi connectivity index (χ1n) is 6.92. The molecule has 1 aliphatic rings. The Kier molecular flexibility index (Phi) is 4.69. The molecule has 1 aliphatic heterocycles. The van der Waals surface area contributed by atoms with Gasteiger partial charge in [0.1, 0.15) is 6.04 Å². The molecule has 1 rings (SSSR count). The minimum absolute atomic E-state index is 0.168. The number of urea groups is 1. The molecule has 1 atom stereocenters. The average Bonchev–Trinajstić information content (AvgIpc) is 2.19. The molecular formula is C14H26N2O4. The summed E-state index contributed by atoms with van der Waals surface area (Å²) in [4.78, 5) is 25.1. The van der Waals surface area contributed by atoms with E-state index in [0.717, 1.165) is 0 Å². The fourth-order valence-corrected chi connectivity index (χ4v) is 2.67. The Balaban J connectivity index is 2.78. The first-order chi connectivity index (χ1) is 8.93. The number of amides is 2. The largest absolute Gasteiger partial charge is 0.480 e. The van der Waals surface area contributed by atoms with Crippen molar-refractivity contribution >= 4 is 12.0 Å². The van der Waals surface area contributed by atoms with Gasteiger partial charge in [-0.05, 0) is 33.6 Å². The van der Waals surface area contributed by atoms with Crippen molar-refractivity contribution in [2.45, 2.75) is 58.8 Å². The molecule has 6 heteroatoms. The summed E-state index contributed by atoms with van der Waals surface area (Å²) in [6, 6.07) is -1.23.